The topological polar surface area (TPSA) is 257 Å². The monoisotopic (exact) mass is 1040 g/mol. The third kappa shape index (κ3) is 34.1. The number of aliphatic hydroxyl groups is 4. The number of aromatic nitrogens is 3. The molecule has 0 amide bonds. The van der Waals surface area contributed by atoms with E-state index in [4.69, 9.17) is 37.5 Å². The summed E-state index contributed by atoms with van der Waals surface area (Å²) in [7, 11) is -4.59. The maximum absolute atomic E-state index is 12.9. The van der Waals surface area contributed by atoms with Gasteiger partial charge in [0.1, 0.15) is 31.0 Å². The fraction of sp³-hybridized carbons (Fsp3) is 0.922. The average molecular weight is 1040 g/mol. The summed E-state index contributed by atoms with van der Waals surface area (Å²) in [5.74, 6) is -0.901. The number of phosphoric acid groups is 1. The zero-order valence-corrected chi connectivity index (χ0v) is 44.5. The molecule has 1 aromatic rings. The second kappa shape index (κ2) is 43.1. The van der Waals surface area contributed by atoms with Crippen LogP contribution in [0.2, 0.25) is 0 Å². The molecule has 0 spiro atoms. The van der Waals surface area contributed by atoms with Gasteiger partial charge in [0.25, 0.3) is 0 Å². The van der Waals surface area contributed by atoms with Gasteiger partial charge in [0.05, 0.1) is 65.1 Å². The quantitative estimate of drug-likeness (QED) is 0.0234. The molecule has 1 aromatic heterocycles. The van der Waals surface area contributed by atoms with Crippen molar-refractivity contribution in [2.45, 2.75) is 243 Å². The Bertz CT molecular complexity index is 1480. The molecule has 1 aliphatic rings. The molecule has 0 aromatic carbocycles. The summed E-state index contributed by atoms with van der Waals surface area (Å²) in [6.45, 7) is 4.27. The van der Waals surface area contributed by atoms with Gasteiger partial charge in [-0.25, -0.2) is 9.25 Å². The van der Waals surface area contributed by atoms with Gasteiger partial charge in [0.2, 0.25) is 0 Å². The van der Waals surface area contributed by atoms with E-state index in [2.05, 4.69) is 24.2 Å². The number of nitrogens with zero attached hydrogens (tertiary/aromatic N) is 3. The summed E-state index contributed by atoms with van der Waals surface area (Å²) < 4.78 is 57.6. The fourth-order valence-corrected chi connectivity index (χ4v) is 8.90. The van der Waals surface area contributed by atoms with E-state index in [1.165, 1.54) is 116 Å². The van der Waals surface area contributed by atoms with E-state index in [0.29, 0.717) is 31.7 Å². The number of carbonyl (C=O) groups excluding carboxylic acids is 2. The van der Waals surface area contributed by atoms with Crippen molar-refractivity contribution in [2.24, 2.45) is 0 Å². The fourth-order valence-electron chi connectivity index (χ4n) is 8.14. The molecule has 2 rings (SSSR count). The van der Waals surface area contributed by atoms with Crippen molar-refractivity contribution in [3.8, 4) is 0 Å². The highest BCUT2D eigenvalue weighted by molar-refractivity contribution is 7.47. The van der Waals surface area contributed by atoms with E-state index >= 15 is 0 Å². The molecule has 1 aliphatic heterocycles. The van der Waals surface area contributed by atoms with Crippen molar-refractivity contribution in [1.82, 2.24) is 15.0 Å². The van der Waals surface area contributed by atoms with Gasteiger partial charge in [-0.05, 0) is 12.8 Å². The second-order valence-electron chi connectivity index (χ2n) is 18.9. The summed E-state index contributed by atoms with van der Waals surface area (Å²) in [6.07, 6.45) is 25.3. The normalized spacial score (nSPS) is 19.5. The number of carbonyl (C=O) groups is 2. The standard InChI is InChI=1S/C51H96N3O16P/c1-3-5-7-9-11-13-15-17-19-21-23-25-27-29-46(56)66-41-44(69-47(57)30-28-26-24-22-20-18-16-14-12-10-8-6-4-2)42-68-71(61,62)67-33-31-43-39-54(53-52-43)32-34-63-35-36-64-37-38-65-51-50(60)49(59)48(58)45(40-55)70-51/h39,44-45,48-51,55,58-60H,3-38,40-42H2,1-2H3,(H,61,62)/t44-,45?,48?,49?,50?,51?/m1/s1. The highest BCUT2D eigenvalue weighted by Gasteiger charge is 2.44. The predicted octanol–water partition coefficient (Wildman–Crippen LogP) is 8.22. The van der Waals surface area contributed by atoms with Gasteiger partial charge in [-0.2, -0.15) is 0 Å². The van der Waals surface area contributed by atoms with E-state index in [0.717, 1.165) is 38.5 Å². The Kier molecular flexibility index (Phi) is 39.5. The highest BCUT2D eigenvalue weighted by Crippen LogP contribution is 2.43. The molecule has 5 N–H and O–H groups in total. The van der Waals surface area contributed by atoms with E-state index in [1.54, 1.807) is 10.9 Å². The highest BCUT2D eigenvalue weighted by atomic mass is 31.2. The Hall–Kier alpha value is -2.13. The first-order valence-corrected chi connectivity index (χ1v) is 28.9. The van der Waals surface area contributed by atoms with Crippen molar-refractivity contribution >= 4 is 19.8 Å². The van der Waals surface area contributed by atoms with Gasteiger partial charge >= 0.3 is 19.8 Å². The van der Waals surface area contributed by atoms with Crippen LogP contribution in [0, 0.1) is 0 Å². The Balaban J connectivity index is 1.66. The van der Waals surface area contributed by atoms with Crippen molar-refractivity contribution < 1.29 is 76.9 Å². The molecule has 1 saturated heterocycles. The second-order valence-corrected chi connectivity index (χ2v) is 20.3. The summed E-state index contributed by atoms with van der Waals surface area (Å²) in [5, 5.41) is 47.1. The van der Waals surface area contributed by atoms with Gasteiger partial charge < -0.3 is 53.7 Å². The lowest BCUT2D eigenvalue weighted by molar-refractivity contribution is -0.302. The largest absolute Gasteiger partial charge is 0.472 e. The Labute approximate surface area is 425 Å². The number of aliphatic hydroxyl groups excluding tert-OH is 4. The number of phosphoric ester groups is 1. The smallest absolute Gasteiger partial charge is 0.462 e. The van der Waals surface area contributed by atoms with Crippen molar-refractivity contribution in [3.63, 3.8) is 0 Å². The van der Waals surface area contributed by atoms with Crippen molar-refractivity contribution in [1.29, 1.82) is 0 Å². The maximum Gasteiger partial charge on any atom is 0.472 e. The minimum atomic E-state index is -4.59. The lowest BCUT2D eigenvalue weighted by Gasteiger charge is -2.39. The number of unbranched alkanes of at least 4 members (excludes halogenated alkanes) is 24. The summed E-state index contributed by atoms with van der Waals surface area (Å²) >= 11 is 0. The molecule has 416 valence electrons. The molecular formula is C51H96N3O16P. The molecule has 71 heavy (non-hydrogen) atoms. The SMILES string of the molecule is CCCCCCCCCCCCCCCC(=O)OC[C@H](COP(=O)(O)OCCc1cn(CCOCCOCCOC2OC(CO)C(O)C(O)C2O)nn1)OC(=O)CCCCCCCCCCCCCCC. The first-order chi connectivity index (χ1) is 34.5. The molecule has 0 bridgehead atoms. The van der Waals surface area contributed by atoms with E-state index in [9.17, 15) is 39.5 Å². The van der Waals surface area contributed by atoms with E-state index < -0.39 is 69.8 Å². The van der Waals surface area contributed by atoms with Crippen LogP contribution in [0.5, 0.6) is 0 Å². The molecule has 0 saturated carbocycles. The molecule has 6 unspecified atom stereocenters. The van der Waals surface area contributed by atoms with Crippen molar-refractivity contribution in [2.75, 3.05) is 59.5 Å². The van der Waals surface area contributed by atoms with Gasteiger partial charge in [0.15, 0.2) is 12.4 Å². The van der Waals surface area contributed by atoms with Gasteiger partial charge in [-0.15, -0.1) is 5.10 Å². The van der Waals surface area contributed by atoms with Crippen LogP contribution in [0.25, 0.3) is 0 Å². The summed E-state index contributed by atoms with van der Waals surface area (Å²) in [6, 6.07) is 0. The van der Waals surface area contributed by atoms with Crippen LogP contribution < -0.4 is 0 Å². The number of hydrogen-bond donors (Lipinski definition) is 5. The molecule has 20 heteroatoms. The van der Waals surface area contributed by atoms with Crippen LogP contribution in [0.4, 0.5) is 0 Å². The first-order valence-electron chi connectivity index (χ1n) is 27.4. The van der Waals surface area contributed by atoms with Gasteiger partial charge in [-0.3, -0.25) is 18.6 Å². The van der Waals surface area contributed by atoms with Crippen LogP contribution in [0.1, 0.15) is 199 Å². The number of ether oxygens (including phenoxy) is 6. The minimum Gasteiger partial charge on any atom is -0.462 e. The van der Waals surface area contributed by atoms with Gasteiger partial charge in [-0.1, -0.05) is 173 Å². The van der Waals surface area contributed by atoms with E-state index in [-0.39, 0.29) is 58.9 Å². The summed E-state index contributed by atoms with van der Waals surface area (Å²) in [4.78, 5) is 36.0. The van der Waals surface area contributed by atoms with Crippen molar-refractivity contribution in [3.05, 3.63) is 11.9 Å². The number of rotatable bonds is 49. The van der Waals surface area contributed by atoms with Crippen LogP contribution in [-0.2, 0) is 64.6 Å². The molecule has 7 atom stereocenters. The zero-order chi connectivity index (χ0) is 51.6. The summed E-state index contributed by atoms with van der Waals surface area (Å²) in [5.41, 5.74) is 0.503. The molecule has 1 fully saturated rings. The first kappa shape index (κ1) is 65.0. The molecule has 0 aliphatic carbocycles. The minimum absolute atomic E-state index is 0.0261. The van der Waals surface area contributed by atoms with Crippen LogP contribution in [-0.4, -0.2) is 149 Å². The molecule has 0 radical (unpaired) electrons. The Morgan fingerprint density at radius 1 is 0.634 bits per heavy atom. The lowest BCUT2D eigenvalue weighted by Crippen LogP contribution is -2.59. The maximum atomic E-state index is 12.9. The number of esters is 2. The van der Waals surface area contributed by atoms with Crippen LogP contribution in [0.3, 0.4) is 0 Å². The molecule has 19 nitrogen and oxygen atoms in total. The third-order valence-electron chi connectivity index (χ3n) is 12.5. The predicted molar refractivity (Wildman–Crippen MR) is 268 cm³/mol. The van der Waals surface area contributed by atoms with Gasteiger partial charge in [0, 0.05) is 25.5 Å². The number of hydrogen-bond acceptors (Lipinski definition) is 17. The Morgan fingerprint density at radius 3 is 1.66 bits per heavy atom. The van der Waals surface area contributed by atoms with Crippen LogP contribution in [0.15, 0.2) is 6.20 Å². The van der Waals surface area contributed by atoms with E-state index in [1.807, 2.05) is 0 Å². The Morgan fingerprint density at radius 2 is 1.13 bits per heavy atom. The van der Waals surface area contributed by atoms with Crippen LogP contribution >= 0.6 is 7.82 Å². The lowest BCUT2D eigenvalue weighted by atomic mass is 9.99. The zero-order valence-electron chi connectivity index (χ0n) is 43.6. The molecular weight excluding hydrogens is 942 g/mol. The third-order valence-corrected chi connectivity index (χ3v) is 13.5. The molecule has 2 heterocycles. The average Bonchev–Trinajstić information content (AvgIpc) is 3.81.